The molecule has 0 bridgehead atoms. The van der Waals surface area contributed by atoms with Crippen molar-refractivity contribution in [3.05, 3.63) is 0 Å². The molecule has 5 heteroatoms. The van der Waals surface area contributed by atoms with Gasteiger partial charge in [-0.05, 0) is 12.8 Å². The Labute approximate surface area is 76.6 Å². The molecule has 0 aromatic carbocycles. The second-order valence-corrected chi connectivity index (χ2v) is 3.55. The molecule has 0 aromatic rings. The van der Waals surface area contributed by atoms with Gasteiger partial charge in [0.25, 0.3) is 0 Å². The van der Waals surface area contributed by atoms with E-state index >= 15 is 0 Å². The topological polar surface area (TPSA) is 65.4 Å². The summed E-state index contributed by atoms with van der Waals surface area (Å²) in [5, 5.41) is 10.2. The van der Waals surface area contributed by atoms with Crippen LogP contribution in [0.2, 0.25) is 0 Å². The number of amides is 2. The molecule has 2 aliphatic heterocycles. The van der Waals surface area contributed by atoms with Crippen molar-refractivity contribution in [2.45, 2.75) is 18.4 Å². The summed E-state index contributed by atoms with van der Waals surface area (Å²) in [5.41, 5.74) is -0.505. The van der Waals surface area contributed by atoms with E-state index in [1.807, 2.05) is 0 Å². The van der Waals surface area contributed by atoms with Gasteiger partial charge in [-0.2, -0.15) is 0 Å². The lowest BCUT2D eigenvalue weighted by Crippen LogP contribution is -2.53. The maximum atomic E-state index is 11.3. The summed E-state index contributed by atoms with van der Waals surface area (Å²) in [6, 6.07) is -0.199. The van der Waals surface area contributed by atoms with Crippen molar-refractivity contribution in [3.8, 4) is 0 Å². The van der Waals surface area contributed by atoms with E-state index in [0.717, 1.165) is 19.4 Å². The first-order valence-corrected chi connectivity index (χ1v) is 4.38. The molecule has 2 heterocycles. The Balaban J connectivity index is 2.28. The zero-order valence-electron chi connectivity index (χ0n) is 7.59. The number of hydrogen-bond acceptors (Lipinski definition) is 3. The minimum absolute atomic E-state index is 0.199. The van der Waals surface area contributed by atoms with Crippen molar-refractivity contribution in [3.63, 3.8) is 0 Å². The molecule has 0 saturated carbocycles. The van der Waals surface area contributed by atoms with Gasteiger partial charge in [-0.15, -0.1) is 0 Å². The molecule has 1 atom stereocenters. The van der Waals surface area contributed by atoms with Gasteiger partial charge >= 0.3 is 6.03 Å². The maximum absolute atomic E-state index is 11.3. The largest absolute Gasteiger partial charge is 0.379 e. The maximum Gasteiger partial charge on any atom is 0.323 e. The Morgan fingerprint density at radius 1 is 1.69 bits per heavy atom. The van der Waals surface area contributed by atoms with Crippen LogP contribution in [0.15, 0.2) is 0 Å². The highest BCUT2D eigenvalue weighted by atomic mass is 16.5. The monoisotopic (exact) mass is 183 g/mol. The zero-order chi connectivity index (χ0) is 9.47. The fraction of sp³-hybridized carbons (Fsp3) is 0.750. The van der Waals surface area contributed by atoms with Crippen molar-refractivity contribution in [2.24, 2.45) is 0 Å². The molecule has 2 fully saturated rings. The summed E-state index contributed by atoms with van der Waals surface area (Å²) in [7, 11) is 1.71. The quantitative estimate of drug-likeness (QED) is 0.562. The first kappa shape index (κ1) is 8.50. The average Bonchev–Trinajstić information content (AvgIpc) is 2.34. The molecule has 2 N–H and O–H groups in total. The fourth-order valence-corrected chi connectivity index (χ4v) is 1.91. The van der Waals surface area contributed by atoms with Gasteiger partial charge in [0.05, 0.1) is 6.61 Å². The van der Waals surface area contributed by atoms with Gasteiger partial charge < -0.3 is 9.64 Å². The lowest BCUT2D eigenvalue weighted by Gasteiger charge is -2.36. The van der Waals surface area contributed by atoms with Gasteiger partial charge in [0.15, 0.2) is 0 Å². The van der Waals surface area contributed by atoms with E-state index in [9.17, 15) is 4.79 Å². The third kappa shape index (κ3) is 1.03. The van der Waals surface area contributed by atoms with E-state index in [0.29, 0.717) is 6.61 Å². The Hall–Kier alpha value is -1.10. The number of nitrogens with one attached hydrogen (secondary N) is 2. The minimum atomic E-state index is -0.505. The summed E-state index contributed by atoms with van der Waals surface area (Å²) >= 11 is 0. The predicted molar refractivity (Wildman–Crippen MR) is 46.8 cm³/mol. The molecule has 0 aromatic heterocycles. The van der Waals surface area contributed by atoms with Gasteiger partial charge in [0, 0.05) is 13.7 Å². The van der Waals surface area contributed by atoms with Gasteiger partial charge in [-0.25, -0.2) is 4.79 Å². The van der Waals surface area contributed by atoms with Crippen LogP contribution in [0.3, 0.4) is 0 Å². The third-order valence-electron chi connectivity index (χ3n) is 2.86. The molecule has 1 unspecified atom stereocenters. The standard InChI is InChI=1S/C8H13N3O2/c1-11-7(12)10-6(9)8(11)3-2-4-13-5-8/h2-5H2,1H3,(H2,9,10,12). The summed E-state index contributed by atoms with van der Waals surface area (Å²) in [6.45, 7) is 1.18. The number of hydrogen-bond donors (Lipinski definition) is 2. The summed E-state index contributed by atoms with van der Waals surface area (Å²) in [5.74, 6) is 0.278. The molecule has 2 aliphatic rings. The first-order chi connectivity index (χ1) is 6.17. The van der Waals surface area contributed by atoms with Crippen molar-refractivity contribution in [1.82, 2.24) is 10.2 Å². The third-order valence-corrected chi connectivity index (χ3v) is 2.86. The van der Waals surface area contributed by atoms with Crippen LogP contribution < -0.4 is 5.32 Å². The fourth-order valence-electron chi connectivity index (χ4n) is 1.91. The number of rotatable bonds is 0. The number of carbonyl (C=O) groups is 1. The summed E-state index contributed by atoms with van der Waals surface area (Å²) in [4.78, 5) is 12.9. The predicted octanol–water partition coefficient (Wildman–Crippen LogP) is 0.168. The van der Waals surface area contributed by atoms with E-state index in [1.165, 1.54) is 0 Å². The van der Waals surface area contributed by atoms with Gasteiger partial charge in [0.1, 0.15) is 11.4 Å². The molecule has 2 amide bonds. The van der Waals surface area contributed by atoms with E-state index < -0.39 is 5.54 Å². The van der Waals surface area contributed by atoms with Crippen molar-refractivity contribution >= 4 is 11.9 Å². The van der Waals surface area contributed by atoms with Gasteiger partial charge in [-0.3, -0.25) is 10.7 Å². The van der Waals surface area contributed by atoms with Gasteiger partial charge in [-0.1, -0.05) is 0 Å². The van der Waals surface area contributed by atoms with Gasteiger partial charge in [0.2, 0.25) is 0 Å². The number of carbonyl (C=O) groups excluding carboxylic acids is 1. The van der Waals surface area contributed by atoms with Crippen molar-refractivity contribution < 1.29 is 9.53 Å². The number of amidine groups is 1. The highest BCUT2D eigenvalue weighted by Gasteiger charge is 2.49. The second kappa shape index (κ2) is 2.70. The lowest BCUT2D eigenvalue weighted by atomic mass is 9.91. The molecule has 72 valence electrons. The van der Waals surface area contributed by atoms with E-state index in [2.05, 4.69) is 5.32 Å². The Bertz CT molecular complexity index is 258. The summed E-state index contributed by atoms with van der Waals surface area (Å²) < 4.78 is 5.32. The van der Waals surface area contributed by atoms with Crippen LogP contribution in [0.5, 0.6) is 0 Å². The number of likely N-dealkylation sites (N-methyl/N-ethyl adjacent to an activating group) is 1. The van der Waals surface area contributed by atoms with Crippen LogP contribution in [0.1, 0.15) is 12.8 Å². The van der Waals surface area contributed by atoms with Crippen LogP contribution in [-0.4, -0.2) is 42.6 Å². The van der Waals surface area contributed by atoms with E-state index in [1.54, 1.807) is 11.9 Å². The highest BCUT2D eigenvalue weighted by molar-refractivity contribution is 6.08. The van der Waals surface area contributed by atoms with Crippen LogP contribution >= 0.6 is 0 Å². The smallest absolute Gasteiger partial charge is 0.323 e. The zero-order valence-corrected chi connectivity index (χ0v) is 7.59. The number of urea groups is 1. The van der Waals surface area contributed by atoms with E-state index in [4.69, 9.17) is 10.1 Å². The normalized spacial score (nSPS) is 34.1. The van der Waals surface area contributed by atoms with Crippen LogP contribution in [0.25, 0.3) is 0 Å². The van der Waals surface area contributed by atoms with Crippen LogP contribution in [0.4, 0.5) is 4.79 Å². The average molecular weight is 183 g/mol. The molecule has 1 spiro atoms. The lowest BCUT2D eigenvalue weighted by molar-refractivity contribution is 0.0190. The molecule has 2 rings (SSSR count). The van der Waals surface area contributed by atoms with Crippen LogP contribution in [0, 0.1) is 5.41 Å². The Kier molecular flexibility index (Phi) is 1.76. The molecule has 13 heavy (non-hydrogen) atoms. The SMILES string of the molecule is CN1C(=O)NC(=N)C12CCCOC2. The molecular formula is C8H13N3O2. The number of nitrogens with zero attached hydrogens (tertiary/aromatic N) is 1. The Morgan fingerprint density at radius 3 is 2.92 bits per heavy atom. The summed E-state index contributed by atoms with van der Waals surface area (Å²) in [6.07, 6.45) is 1.72. The number of ether oxygens (including phenoxy) is 1. The second-order valence-electron chi connectivity index (χ2n) is 3.55. The Morgan fingerprint density at radius 2 is 2.46 bits per heavy atom. The van der Waals surface area contributed by atoms with E-state index in [-0.39, 0.29) is 11.9 Å². The first-order valence-electron chi connectivity index (χ1n) is 4.38. The minimum Gasteiger partial charge on any atom is -0.379 e. The van der Waals surface area contributed by atoms with Crippen molar-refractivity contribution in [1.29, 1.82) is 5.41 Å². The molecular weight excluding hydrogens is 170 g/mol. The molecule has 2 saturated heterocycles. The highest BCUT2D eigenvalue weighted by Crippen LogP contribution is 2.29. The molecule has 0 aliphatic carbocycles. The van der Waals surface area contributed by atoms with Crippen LogP contribution in [-0.2, 0) is 4.74 Å². The molecule has 5 nitrogen and oxygen atoms in total. The van der Waals surface area contributed by atoms with Crippen molar-refractivity contribution in [2.75, 3.05) is 20.3 Å². The molecule has 0 radical (unpaired) electrons.